The summed E-state index contributed by atoms with van der Waals surface area (Å²) in [6.07, 6.45) is 0. The molecule has 0 spiro atoms. The molecule has 1 aromatic rings. The molecule has 1 aliphatic heterocycles. The van der Waals surface area contributed by atoms with E-state index in [1.807, 2.05) is 37.3 Å². The van der Waals surface area contributed by atoms with Crippen molar-refractivity contribution in [1.82, 2.24) is 0 Å². The zero-order chi connectivity index (χ0) is 11.8. The van der Waals surface area contributed by atoms with Crippen LogP contribution in [0.5, 0.6) is 0 Å². The van der Waals surface area contributed by atoms with Gasteiger partial charge in [0.15, 0.2) is 9.84 Å². The molecule has 0 amide bonds. The van der Waals surface area contributed by atoms with Gasteiger partial charge in [0.1, 0.15) is 0 Å². The van der Waals surface area contributed by atoms with Crippen LogP contribution in [0.25, 0.3) is 0 Å². The molecule has 0 aliphatic carbocycles. The molecule has 86 valence electrons. The van der Waals surface area contributed by atoms with Gasteiger partial charge in [-0.25, -0.2) is 8.42 Å². The van der Waals surface area contributed by atoms with Crippen LogP contribution in [0, 0.1) is 0 Å². The van der Waals surface area contributed by atoms with Gasteiger partial charge >= 0.3 is 0 Å². The molecule has 1 unspecified atom stereocenters. The lowest BCUT2D eigenvalue weighted by molar-refractivity contribution is 0.595. The number of rotatable bonds is 2. The molecule has 0 saturated carbocycles. The lowest BCUT2D eigenvalue weighted by Gasteiger charge is -2.03. The minimum atomic E-state index is -2.94. The van der Waals surface area contributed by atoms with Gasteiger partial charge in [-0.2, -0.15) is 0 Å². The summed E-state index contributed by atoms with van der Waals surface area (Å²) in [5, 5.41) is -0.321. The summed E-state index contributed by atoms with van der Waals surface area (Å²) in [5.74, 6) is 0.194. The number of thioether (sulfide) groups is 1. The Kier molecular flexibility index (Phi) is 3.13. The molecule has 0 aromatic heterocycles. The summed E-state index contributed by atoms with van der Waals surface area (Å²) < 4.78 is 23.4. The van der Waals surface area contributed by atoms with E-state index in [2.05, 4.69) is 0 Å². The fraction of sp³-hybridized carbons (Fsp3) is 0.333. The van der Waals surface area contributed by atoms with Crippen molar-refractivity contribution in [3.63, 3.8) is 0 Å². The number of hydrogen-bond acceptors (Lipinski definition) is 3. The minimum Gasteiger partial charge on any atom is -0.228 e. The SMILES string of the molecule is CC1=C(Sc2ccccc2)CS(=O)(=O)C1C. The van der Waals surface area contributed by atoms with Crippen LogP contribution < -0.4 is 0 Å². The predicted molar refractivity (Wildman–Crippen MR) is 68.2 cm³/mol. The van der Waals surface area contributed by atoms with Crippen molar-refractivity contribution in [2.75, 3.05) is 5.75 Å². The lowest BCUT2D eigenvalue weighted by atomic mass is 10.2. The van der Waals surface area contributed by atoms with E-state index in [0.29, 0.717) is 0 Å². The van der Waals surface area contributed by atoms with Crippen LogP contribution in [0.1, 0.15) is 13.8 Å². The van der Waals surface area contributed by atoms with Crippen molar-refractivity contribution >= 4 is 21.6 Å². The van der Waals surface area contributed by atoms with Crippen LogP contribution in [0.3, 0.4) is 0 Å². The lowest BCUT2D eigenvalue weighted by Crippen LogP contribution is -2.14. The largest absolute Gasteiger partial charge is 0.228 e. The van der Waals surface area contributed by atoms with E-state index < -0.39 is 9.84 Å². The monoisotopic (exact) mass is 254 g/mol. The van der Waals surface area contributed by atoms with Crippen molar-refractivity contribution in [2.45, 2.75) is 24.0 Å². The third kappa shape index (κ3) is 2.18. The van der Waals surface area contributed by atoms with Crippen molar-refractivity contribution in [3.05, 3.63) is 40.8 Å². The smallest absolute Gasteiger partial charge is 0.161 e. The molecule has 1 heterocycles. The van der Waals surface area contributed by atoms with Crippen molar-refractivity contribution in [1.29, 1.82) is 0 Å². The van der Waals surface area contributed by atoms with Crippen LogP contribution in [-0.4, -0.2) is 19.4 Å². The summed E-state index contributed by atoms with van der Waals surface area (Å²) in [7, 11) is -2.94. The molecule has 0 N–H and O–H groups in total. The average molecular weight is 254 g/mol. The molecule has 1 atom stereocenters. The highest BCUT2D eigenvalue weighted by Gasteiger charge is 2.33. The first-order valence-corrected chi connectivity index (χ1v) is 7.68. The quantitative estimate of drug-likeness (QED) is 0.814. The van der Waals surface area contributed by atoms with E-state index in [-0.39, 0.29) is 11.0 Å². The van der Waals surface area contributed by atoms with Gasteiger partial charge in [0.05, 0.1) is 11.0 Å². The highest BCUT2D eigenvalue weighted by molar-refractivity contribution is 8.05. The molecular weight excluding hydrogens is 240 g/mol. The minimum absolute atomic E-state index is 0.194. The highest BCUT2D eigenvalue weighted by Crippen LogP contribution is 2.37. The summed E-state index contributed by atoms with van der Waals surface area (Å²) in [6.45, 7) is 3.68. The third-order valence-electron chi connectivity index (χ3n) is 2.90. The highest BCUT2D eigenvalue weighted by atomic mass is 32.2. The second kappa shape index (κ2) is 4.26. The second-order valence-corrected chi connectivity index (χ2v) is 7.46. The van der Waals surface area contributed by atoms with Crippen LogP contribution in [0.4, 0.5) is 0 Å². The van der Waals surface area contributed by atoms with E-state index in [9.17, 15) is 8.42 Å². The molecular formula is C12H14O2S2. The van der Waals surface area contributed by atoms with Gasteiger partial charge in [0.2, 0.25) is 0 Å². The van der Waals surface area contributed by atoms with Gasteiger partial charge in [-0.3, -0.25) is 0 Å². The Morgan fingerprint density at radius 2 is 1.88 bits per heavy atom. The Morgan fingerprint density at radius 3 is 2.38 bits per heavy atom. The Hall–Kier alpha value is -0.740. The molecule has 0 fully saturated rings. The molecule has 2 nitrogen and oxygen atoms in total. The normalized spacial score (nSPS) is 23.8. The zero-order valence-electron chi connectivity index (χ0n) is 9.30. The van der Waals surface area contributed by atoms with Crippen LogP contribution >= 0.6 is 11.8 Å². The topological polar surface area (TPSA) is 34.1 Å². The van der Waals surface area contributed by atoms with E-state index >= 15 is 0 Å². The average Bonchev–Trinajstić information content (AvgIpc) is 2.44. The van der Waals surface area contributed by atoms with Crippen LogP contribution in [-0.2, 0) is 9.84 Å². The molecule has 16 heavy (non-hydrogen) atoms. The van der Waals surface area contributed by atoms with E-state index in [1.54, 1.807) is 18.7 Å². The van der Waals surface area contributed by atoms with E-state index in [1.165, 1.54) is 0 Å². The molecule has 0 saturated heterocycles. The number of benzene rings is 1. The number of hydrogen-bond donors (Lipinski definition) is 0. The van der Waals surface area contributed by atoms with Gasteiger partial charge in [0.25, 0.3) is 0 Å². The number of sulfone groups is 1. The molecule has 1 aliphatic rings. The van der Waals surface area contributed by atoms with Crippen molar-refractivity contribution < 1.29 is 8.42 Å². The summed E-state index contributed by atoms with van der Waals surface area (Å²) in [6, 6.07) is 9.89. The van der Waals surface area contributed by atoms with Gasteiger partial charge in [-0.05, 0) is 31.6 Å². The first kappa shape index (κ1) is 11.7. The van der Waals surface area contributed by atoms with E-state index in [0.717, 1.165) is 15.4 Å². The molecule has 0 bridgehead atoms. The first-order chi connectivity index (χ1) is 7.50. The van der Waals surface area contributed by atoms with Crippen LogP contribution in [0.2, 0.25) is 0 Å². The molecule has 2 rings (SSSR count). The second-order valence-electron chi connectivity index (χ2n) is 3.97. The van der Waals surface area contributed by atoms with Crippen LogP contribution in [0.15, 0.2) is 45.7 Å². The van der Waals surface area contributed by atoms with Gasteiger partial charge in [-0.1, -0.05) is 30.0 Å². The predicted octanol–water partition coefficient (Wildman–Crippen LogP) is 2.87. The first-order valence-electron chi connectivity index (χ1n) is 5.15. The summed E-state index contributed by atoms with van der Waals surface area (Å²) >= 11 is 1.57. The molecule has 0 radical (unpaired) electrons. The zero-order valence-corrected chi connectivity index (χ0v) is 10.9. The maximum atomic E-state index is 11.7. The summed E-state index contributed by atoms with van der Waals surface area (Å²) in [5.41, 5.74) is 0.994. The van der Waals surface area contributed by atoms with Gasteiger partial charge in [-0.15, -0.1) is 0 Å². The third-order valence-corrected chi connectivity index (χ3v) is 6.43. The standard InChI is InChI=1S/C12H14O2S2/c1-9-10(2)16(13,14)8-12(9)15-11-6-4-3-5-7-11/h3-7,10H,8H2,1-2H3. The summed E-state index contributed by atoms with van der Waals surface area (Å²) in [4.78, 5) is 2.08. The van der Waals surface area contributed by atoms with E-state index in [4.69, 9.17) is 0 Å². The Balaban J connectivity index is 2.25. The Bertz CT molecular complexity index is 515. The Morgan fingerprint density at radius 1 is 1.25 bits per heavy atom. The molecule has 4 heteroatoms. The molecule has 1 aromatic carbocycles. The fourth-order valence-electron chi connectivity index (χ4n) is 1.66. The maximum absolute atomic E-state index is 11.7. The Labute approximate surface area is 101 Å². The van der Waals surface area contributed by atoms with Crippen molar-refractivity contribution in [3.8, 4) is 0 Å². The van der Waals surface area contributed by atoms with Gasteiger partial charge < -0.3 is 0 Å². The maximum Gasteiger partial charge on any atom is 0.161 e. The van der Waals surface area contributed by atoms with Gasteiger partial charge in [0, 0.05) is 9.80 Å². The fourth-order valence-corrected chi connectivity index (χ4v) is 4.90. The van der Waals surface area contributed by atoms with Crippen molar-refractivity contribution in [2.24, 2.45) is 0 Å².